The van der Waals surface area contributed by atoms with E-state index in [1.165, 1.54) is 11.1 Å². The summed E-state index contributed by atoms with van der Waals surface area (Å²) in [5, 5.41) is 13.3. The van der Waals surface area contributed by atoms with Gasteiger partial charge in [0, 0.05) is 6.42 Å². The van der Waals surface area contributed by atoms with Crippen LogP contribution < -0.4 is 4.74 Å². The first-order valence-electron chi connectivity index (χ1n) is 9.85. The fraction of sp³-hybridized carbons (Fsp3) is 0.391. The third-order valence-corrected chi connectivity index (χ3v) is 5.71. The van der Waals surface area contributed by atoms with Crippen LogP contribution in [0.4, 0.5) is 0 Å². The van der Waals surface area contributed by atoms with Crippen LogP contribution in [0.1, 0.15) is 36.5 Å². The number of aliphatic carboxylic acids is 1. The Morgan fingerprint density at radius 3 is 2.82 bits per heavy atom. The average molecular weight is 379 g/mol. The second-order valence-electron chi connectivity index (χ2n) is 7.71. The molecule has 146 valence electrons. The maximum absolute atomic E-state index is 11.0. The van der Waals surface area contributed by atoms with Crippen LogP contribution in [0.2, 0.25) is 0 Å². The standard InChI is InChI=1S/C23H25NO4/c1-15-21(23(24-28-15)17-5-3-2-4-6-17)14-27-20-10-9-18-11-16(12-22(25)26)7-8-19(18)13-20/h2-6,9-10,13,15-16,21H,7-8,11-12,14H2,1H3,(H,25,26). The molecule has 1 aliphatic heterocycles. The number of carbonyl (C=O) groups is 1. The van der Waals surface area contributed by atoms with Crippen molar-refractivity contribution in [3.05, 3.63) is 65.2 Å². The van der Waals surface area contributed by atoms with Crippen molar-refractivity contribution < 1.29 is 19.5 Å². The fourth-order valence-corrected chi connectivity index (χ4v) is 4.10. The van der Waals surface area contributed by atoms with Gasteiger partial charge in [0.15, 0.2) is 0 Å². The number of benzene rings is 2. The van der Waals surface area contributed by atoms with Crippen LogP contribution in [0.5, 0.6) is 5.75 Å². The molecule has 0 bridgehead atoms. The molecule has 0 amide bonds. The number of aryl methyl sites for hydroxylation is 1. The summed E-state index contributed by atoms with van der Waals surface area (Å²) in [6.07, 6.45) is 2.88. The summed E-state index contributed by atoms with van der Waals surface area (Å²) in [6, 6.07) is 16.2. The van der Waals surface area contributed by atoms with Crippen LogP contribution in [-0.2, 0) is 22.5 Å². The van der Waals surface area contributed by atoms with Crippen molar-refractivity contribution in [2.24, 2.45) is 17.0 Å². The van der Waals surface area contributed by atoms with Crippen molar-refractivity contribution in [1.82, 2.24) is 0 Å². The number of nitrogens with zero attached hydrogens (tertiary/aromatic N) is 1. The minimum absolute atomic E-state index is 0.0235. The minimum atomic E-state index is -0.711. The predicted molar refractivity (Wildman–Crippen MR) is 107 cm³/mol. The topological polar surface area (TPSA) is 68.1 Å². The second kappa shape index (κ2) is 8.05. The van der Waals surface area contributed by atoms with Gasteiger partial charge in [-0.1, -0.05) is 41.6 Å². The quantitative estimate of drug-likeness (QED) is 0.821. The Morgan fingerprint density at radius 1 is 1.21 bits per heavy atom. The molecule has 0 aromatic heterocycles. The number of oxime groups is 1. The first-order valence-corrected chi connectivity index (χ1v) is 9.85. The lowest BCUT2D eigenvalue weighted by molar-refractivity contribution is -0.138. The van der Waals surface area contributed by atoms with Gasteiger partial charge in [0.1, 0.15) is 18.5 Å². The highest BCUT2D eigenvalue weighted by Gasteiger charge is 2.32. The first kappa shape index (κ1) is 18.5. The number of carboxylic acids is 1. The summed E-state index contributed by atoms with van der Waals surface area (Å²) in [5.41, 5.74) is 4.51. The summed E-state index contributed by atoms with van der Waals surface area (Å²) < 4.78 is 6.11. The summed E-state index contributed by atoms with van der Waals surface area (Å²) >= 11 is 0. The van der Waals surface area contributed by atoms with Gasteiger partial charge in [-0.15, -0.1) is 0 Å². The van der Waals surface area contributed by atoms with Gasteiger partial charge in [-0.05, 0) is 60.9 Å². The average Bonchev–Trinajstić information content (AvgIpc) is 3.07. The van der Waals surface area contributed by atoms with Crippen LogP contribution in [0, 0.1) is 11.8 Å². The van der Waals surface area contributed by atoms with E-state index < -0.39 is 5.97 Å². The van der Waals surface area contributed by atoms with Gasteiger partial charge in [0.25, 0.3) is 0 Å². The lowest BCUT2D eigenvalue weighted by Crippen LogP contribution is -2.28. The van der Waals surface area contributed by atoms with E-state index in [4.69, 9.17) is 14.7 Å². The lowest BCUT2D eigenvalue weighted by Gasteiger charge is -2.24. The molecule has 1 aliphatic carbocycles. The van der Waals surface area contributed by atoms with E-state index >= 15 is 0 Å². The van der Waals surface area contributed by atoms with Gasteiger partial charge in [-0.3, -0.25) is 4.79 Å². The van der Waals surface area contributed by atoms with Crippen LogP contribution >= 0.6 is 0 Å². The summed E-state index contributed by atoms with van der Waals surface area (Å²) in [5.74, 6) is 0.454. The van der Waals surface area contributed by atoms with Crippen molar-refractivity contribution >= 4 is 11.7 Å². The Labute approximate surface area is 165 Å². The molecule has 3 atom stereocenters. The monoisotopic (exact) mass is 379 g/mol. The van der Waals surface area contributed by atoms with Gasteiger partial charge in [0.05, 0.1) is 11.6 Å². The molecule has 28 heavy (non-hydrogen) atoms. The largest absolute Gasteiger partial charge is 0.493 e. The van der Waals surface area contributed by atoms with E-state index in [0.717, 1.165) is 36.3 Å². The van der Waals surface area contributed by atoms with Crippen molar-refractivity contribution in [3.63, 3.8) is 0 Å². The van der Waals surface area contributed by atoms with Crippen LogP contribution in [0.3, 0.4) is 0 Å². The van der Waals surface area contributed by atoms with E-state index in [1.807, 2.05) is 43.3 Å². The zero-order valence-corrected chi connectivity index (χ0v) is 16.0. The number of fused-ring (bicyclic) bond motifs is 1. The fourth-order valence-electron chi connectivity index (χ4n) is 4.10. The first-order chi connectivity index (χ1) is 13.6. The summed E-state index contributed by atoms with van der Waals surface area (Å²) in [6.45, 7) is 2.53. The van der Waals surface area contributed by atoms with Crippen LogP contribution in [0.25, 0.3) is 0 Å². The minimum Gasteiger partial charge on any atom is -0.493 e. The van der Waals surface area contributed by atoms with E-state index in [9.17, 15) is 4.79 Å². The molecular weight excluding hydrogens is 354 g/mol. The Balaban J connectivity index is 1.41. The smallest absolute Gasteiger partial charge is 0.303 e. The number of carboxylic acid groups (broad SMARTS) is 1. The van der Waals surface area contributed by atoms with Crippen molar-refractivity contribution in [1.29, 1.82) is 0 Å². The molecule has 2 aliphatic rings. The molecule has 0 spiro atoms. The molecule has 0 saturated carbocycles. The maximum atomic E-state index is 11.0. The highest BCUT2D eigenvalue weighted by molar-refractivity contribution is 6.03. The van der Waals surface area contributed by atoms with E-state index in [-0.39, 0.29) is 24.4 Å². The normalized spacial score (nSPS) is 23.5. The molecule has 2 aromatic rings. The van der Waals surface area contributed by atoms with Crippen LogP contribution in [-0.4, -0.2) is 29.5 Å². The molecule has 0 saturated heterocycles. The second-order valence-corrected chi connectivity index (χ2v) is 7.71. The van der Waals surface area contributed by atoms with Gasteiger partial charge < -0.3 is 14.7 Å². The SMILES string of the molecule is CC1ON=C(c2ccccc2)C1COc1ccc2c(c1)CCC(CC(=O)O)C2. The highest BCUT2D eigenvalue weighted by Crippen LogP contribution is 2.31. The Hall–Kier alpha value is -2.82. The number of ether oxygens (including phenoxy) is 1. The Morgan fingerprint density at radius 2 is 2.04 bits per heavy atom. The number of hydrogen-bond donors (Lipinski definition) is 1. The zero-order chi connectivity index (χ0) is 19.5. The van der Waals surface area contributed by atoms with Gasteiger partial charge in [-0.2, -0.15) is 0 Å². The Bertz CT molecular complexity index is 877. The van der Waals surface area contributed by atoms with E-state index in [2.05, 4.69) is 17.3 Å². The van der Waals surface area contributed by atoms with Crippen molar-refractivity contribution in [2.75, 3.05) is 6.61 Å². The molecule has 0 fully saturated rings. The molecule has 4 rings (SSSR count). The third-order valence-electron chi connectivity index (χ3n) is 5.71. The highest BCUT2D eigenvalue weighted by atomic mass is 16.6. The predicted octanol–water partition coefficient (Wildman–Crippen LogP) is 4.08. The van der Waals surface area contributed by atoms with Gasteiger partial charge >= 0.3 is 5.97 Å². The van der Waals surface area contributed by atoms with E-state index in [1.54, 1.807) is 0 Å². The van der Waals surface area contributed by atoms with Gasteiger partial charge in [0.2, 0.25) is 0 Å². The molecule has 1 heterocycles. The summed E-state index contributed by atoms with van der Waals surface area (Å²) in [4.78, 5) is 16.5. The van der Waals surface area contributed by atoms with Gasteiger partial charge in [-0.25, -0.2) is 0 Å². The molecule has 1 N–H and O–H groups in total. The molecule has 5 nitrogen and oxygen atoms in total. The van der Waals surface area contributed by atoms with Crippen molar-refractivity contribution in [2.45, 2.75) is 38.7 Å². The number of hydrogen-bond acceptors (Lipinski definition) is 4. The molecule has 0 radical (unpaired) electrons. The Kier molecular flexibility index (Phi) is 5.33. The third kappa shape index (κ3) is 4.03. The lowest BCUT2D eigenvalue weighted by atomic mass is 9.82. The molecular formula is C23H25NO4. The molecule has 3 unspecified atom stereocenters. The zero-order valence-electron chi connectivity index (χ0n) is 16.0. The molecule has 5 heteroatoms. The van der Waals surface area contributed by atoms with Crippen LogP contribution in [0.15, 0.2) is 53.7 Å². The maximum Gasteiger partial charge on any atom is 0.303 e. The number of rotatable bonds is 6. The molecule has 2 aromatic carbocycles. The van der Waals surface area contributed by atoms with Crippen molar-refractivity contribution in [3.8, 4) is 5.75 Å². The van der Waals surface area contributed by atoms with E-state index in [0.29, 0.717) is 6.61 Å². The summed E-state index contributed by atoms with van der Waals surface area (Å²) in [7, 11) is 0.